The first-order chi connectivity index (χ1) is 6.38. The van der Waals surface area contributed by atoms with Crippen LogP contribution in [0.4, 0.5) is 12.9 Å². The molecule has 1 nitrogen and oxygen atoms in total. The first-order valence-electron chi connectivity index (χ1n) is 3.98. The van der Waals surface area contributed by atoms with Crippen molar-refractivity contribution in [3.63, 3.8) is 0 Å². The fourth-order valence-electron chi connectivity index (χ4n) is 0.898. The fourth-order valence-corrected chi connectivity index (χ4v) is 1.14. The Kier molecular flexibility index (Phi) is 7.10. The molecule has 78 valence electrons. The van der Waals surface area contributed by atoms with E-state index in [-0.39, 0.29) is 57.1 Å². The molecule has 1 aromatic rings. The summed E-state index contributed by atoms with van der Waals surface area (Å²) in [4.78, 5) is 0. The molecule has 0 heterocycles. The molecule has 0 aromatic heterocycles. The van der Waals surface area contributed by atoms with E-state index in [0.29, 0.717) is 0 Å². The van der Waals surface area contributed by atoms with Crippen LogP contribution in [0.3, 0.4) is 0 Å². The molecule has 0 saturated carbocycles. The van der Waals surface area contributed by atoms with Crippen molar-refractivity contribution in [2.45, 2.75) is 6.92 Å². The third-order valence-electron chi connectivity index (χ3n) is 1.57. The van der Waals surface area contributed by atoms with Gasteiger partial charge in [0.2, 0.25) is 0 Å². The van der Waals surface area contributed by atoms with Gasteiger partial charge in [0.25, 0.3) is 0 Å². The molecule has 0 unspecified atom stereocenters. The van der Waals surface area contributed by atoms with Crippen molar-refractivity contribution in [3.8, 4) is 5.75 Å². The largest absolute Gasteiger partial charge is 1.00 e. The Morgan fingerprint density at radius 2 is 1.93 bits per heavy atom. The van der Waals surface area contributed by atoms with Crippen LogP contribution in [-0.4, -0.2) is 13.5 Å². The van der Waals surface area contributed by atoms with E-state index in [9.17, 15) is 12.9 Å². The minimum absolute atomic E-state index is 0. The quantitative estimate of drug-likeness (QED) is 0.740. The molecular formula is C8H8BBrF3KO. The zero-order valence-corrected chi connectivity index (χ0v) is 13.1. The van der Waals surface area contributed by atoms with Crippen LogP contribution in [0, 0.1) is 6.92 Å². The molecule has 0 aliphatic heterocycles. The van der Waals surface area contributed by atoms with E-state index in [1.165, 1.54) is 6.07 Å². The summed E-state index contributed by atoms with van der Waals surface area (Å²) in [5.41, 5.74) is 0.845. The summed E-state index contributed by atoms with van der Waals surface area (Å²) < 4.78 is 41.0. The van der Waals surface area contributed by atoms with Gasteiger partial charge in [-0.15, -0.1) is 0 Å². The first kappa shape index (κ1) is 16.0. The van der Waals surface area contributed by atoms with Crippen LogP contribution in [0.2, 0.25) is 0 Å². The molecule has 0 bridgehead atoms. The summed E-state index contributed by atoms with van der Waals surface area (Å²) in [7, 11) is 0. The van der Waals surface area contributed by atoms with E-state index in [2.05, 4.69) is 20.7 Å². The predicted octanol–water partition coefficient (Wildman–Crippen LogP) is 0.527. The Morgan fingerprint density at radius 1 is 1.33 bits per heavy atom. The zero-order valence-electron chi connectivity index (χ0n) is 8.44. The van der Waals surface area contributed by atoms with E-state index in [1.807, 2.05) is 0 Å². The summed E-state index contributed by atoms with van der Waals surface area (Å²) >= 11 is 3.25. The first-order valence-corrected chi connectivity index (χ1v) is 4.78. The smallest absolute Gasteiger partial charge is 0.522 e. The van der Waals surface area contributed by atoms with Gasteiger partial charge in [0, 0.05) is 4.47 Å². The maximum atomic E-state index is 11.8. The molecule has 0 atom stereocenters. The van der Waals surface area contributed by atoms with Crippen molar-refractivity contribution in [1.29, 1.82) is 0 Å². The van der Waals surface area contributed by atoms with E-state index < -0.39 is 13.5 Å². The average Bonchev–Trinajstić information content (AvgIpc) is 2.06. The second-order valence-electron chi connectivity index (χ2n) is 2.93. The number of benzene rings is 1. The van der Waals surface area contributed by atoms with Crippen LogP contribution in [0.15, 0.2) is 22.7 Å². The summed E-state index contributed by atoms with van der Waals surface area (Å²) in [6.45, 7) is -4.29. The Hall–Kier alpha value is 0.991. The molecule has 0 aliphatic carbocycles. The number of halogens is 4. The molecule has 15 heavy (non-hydrogen) atoms. The zero-order chi connectivity index (χ0) is 10.8. The monoisotopic (exact) mass is 306 g/mol. The summed E-state index contributed by atoms with van der Waals surface area (Å²) in [6, 6.07) is 4.72. The Bertz CT molecular complexity index is 332. The van der Waals surface area contributed by atoms with Gasteiger partial charge in [-0.3, -0.25) is 0 Å². The number of hydrogen-bond donors (Lipinski definition) is 0. The van der Waals surface area contributed by atoms with Gasteiger partial charge in [0.1, 0.15) is 5.75 Å². The molecule has 7 heteroatoms. The maximum absolute atomic E-state index is 11.8. The second kappa shape index (κ2) is 6.66. The minimum atomic E-state index is -4.88. The van der Waals surface area contributed by atoms with Crippen molar-refractivity contribution in [2.75, 3.05) is 6.51 Å². The molecule has 0 N–H and O–H groups in total. The Balaban J connectivity index is 0.00000196. The number of hydrogen-bond acceptors (Lipinski definition) is 1. The van der Waals surface area contributed by atoms with Crippen molar-refractivity contribution in [1.82, 2.24) is 0 Å². The van der Waals surface area contributed by atoms with E-state index >= 15 is 0 Å². The van der Waals surface area contributed by atoms with Gasteiger partial charge in [-0.1, -0.05) is 15.9 Å². The van der Waals surface area contributed by atoms with Crippen LogP contribution in [-0.2, 0) is 0 Å². The van der Waals surface area contributed by atoms with Gasteiger partial charge < -0.3 is 17.7 Å². The number of aryl methyl sites for hydroxylation is 1. The average molecular weight is 307 g/mol. The molecule has 0 radical (unpaired) electrons. The normalized spacial score (nSPS) is 10.7. The summed E-state index contributed by atoms with van der Waals surface area (Å²) in [5, 5.41) is 0. The standard InChI is InChI=1S/C8H8BBrF3O.K/c1-6-4-7(2-3-8(6)10)14-5-9(11,12)13;/h2-4H,5H2,1H3;/q-1;+1. The van der Waals surface area contributed by atoms with Crippen molar-refractivity contribution < 1.29 is 69.1 Å². The van der Waals surface area contributed by atoms with E-state index in [1.54, 1.807) is 19.1 Å². The van der Waals surface area contributed by atoms with E-state index in [4.69, 9.17) is 0 Å². The van der Waals surface area contributed by atoms with Crippen LogP contribution >= 0.6 is 15.9 Å². The maximum Gasteiger partial charge on any atom is 1.00 e. The molecule has 0 fully saturated rings. The molecule has 0 saturated heterocycles. The molecule has 0 amide bonds. The summed E-state index contributed by atoms with van der Waals surface area (Å²) in [6.07, 6.45) is 0. The minimum Gasteiger partial charge on any atom is -0.522 e. The van der Waals surface area contributed by atoms with E-state index in [0.717, 1.165) is 10.0 Å². The van der Waals surface area contributed by atoms with Crippen LogP contribution in [0.5, 0.6) is 5.75 Å². The van der Waals surface area contributed by atoms with Crippen LogP contribution in [0.25, 0.3) is 0 Å². The van der Waals surface area contributed by atoms with Gasteiger partial charge in [0.05, 0.1) is 6.51 Å². The van der Waals surface area contributed by atoms with Crippen molar-refractivity contribution >= 4 is 22.9 Å². The molecule has 0 aliphatic rings. The van der Waals surface area contributed by atoms with Crippen molar-refractivity contribution in [3.05, 3.63) is 28.2 Å². The Labute approximate surface area is 137 Å². The molecular weight excluding hydrogens is 299 g/mol. The number of rotatable bonds is 3. The van der Waals surface area contributed by atoms with Gasteiger partial charge in [-0.2, -0.15) is 0 Å². The van der Waals surface area contributed by atoms with Crippen molar-refractivity contribution in [2.24, 2.45) is 0 Å². The fraction of sp³-hybridized carbons (Fsp3) is 0.250. The molecule has 0 spiro atoms. The van der Waals surface area contributed by atoms with Crippen LogP contribution < -0.4 is 56.1 Å². The third-order valence-corrected chi connectivity index (χ3v) is 2.46. The van der Waals surface area contributed by atoms with Gasteiger partial charge in [-0.05, 0) is 30.7 Å². The van der Waals surface area contributed by atoms with Gasteiger partial charge in [-0.25, -0.2) is 0 Å². The Morgan fingerprint density at radius 3 is 2.40 bits per heavy atom. The topological polar surface area (TPSA) is 9.23 Å². The third kappa shape index (κ3) is 6.33. The van der Waals surface area contributed by atoms with Gasteiger partial charge >= 0.3 is 58.4 Å². The van der Waals surface area contributed by atoms with Gasteiger partial charge in [0.15, 0.2) is 0 Å². The van der Waals surface area contributed by atoms with Crippen LogP contribution in [0.1, 0.15) is 5.56 Å². The summed E-state index contributed by atoms with van der Waals surface area (Å²) in [5.74, 6) is 0.241. The predicted molar refractivity (Wildman–Crippen MR) is 53.5 cm³/mol. The molecule has 1 aromatic carbocycles. The SMILES string of the molecule is Cc1cc(OC[B-](F)(F)F)ccc1Br.[K+]. The number of ether oxygens (including phenoxy) is 1. The molecule has 1 rings (SSSR count). The second-order valence-corrected chi connectivity index (χ2v) is 3.79.